The second-order valence-corrected chi connectivity index (χ2v) is 4.87. The van der Waals surface area contributed by atoms with Gasteiger partial charge in [0.1, 0.15) is 11.3 Å². The summed E-state index contributed by atoms with van der Waals surface area (Å²) in [6.07, 6.45) is 3.32. The first kappa shape index (κ1) is 15.8. The monoisotopic (exact) mass is 327 g/mol. The number of rotatable bonds is 5. The molecule has 0 saturated carbocycles. The van der Waals surface area contributed by atoms with Gasteiger partial charge in [0.15, 0.2) is 11.5 Å². The summed E-state index contributed by atoms with van der Waals surface area (Å²) in [5.74, 6) is 1.79. The molecule has 0 fully saturated rings. The summed E-state index contributed by atoms with van der Waals surface area (Å²) in [6.45, 7) is 0. The van der Waals surface area contributed by atoms with Gasteiger partial charge in [0.25, 0.3) is 0 Å². The van der Waals surface area contributed by atoms with Gasteiger partial charge in [-0.25, -0.2) is 15.0 Å². The average molecular weight is 327 g/mol. The van der Waals surface area contributed by atoms with Crippen LogP contribution in [0.1, 0.15) is 0 Å². The van der Waals surface area contributed by atoms with E-state index in [1.54, 1.807) is 39.8 Å². The Kier molecular flexibility index (Phi) is 4.33. The second kappa shape index (κ2) is 6.57. The van der Waals surface area contributed by atoms with E-state index in [1.165, 1.54) is 7.11 Å². The van der Waals surface area contributed by atoms with Crippen LogP contribution in [0.25, 0.3) is 22.2 Å². The highest BCUT2D eigenvalue weighted by atomic mass is 16.5. The summed E-state index contributed by atoms with van der Waals surface area (Å²) in [5, 5.41) is 0.798. The van der Waals surface area contributed by atoms with Crippen molar-refractivity contribution in [3.05, 3.63) is 30.6 Å². The van der Waals surface area contributed by atoms with E-state index in [0.717, 1.165) is 16.6 Å². The molecule has 0 radical (unpaired) electrons. The summed E-state index contributed by atoms with van der Waals surface area (Å²) in [7, 11) is 6.29. The number of methoxy groups -OCH3 is 4. The third kappa shape index (κ3) is 2.64. The van der Waals surface area contributed by atoms with Crippen LogP contribution in [0.5, 0.6) is 23.3 Å². The van der Waals surface area contributed by atoms with Crippen molar-refractivity contribution in [3.63, 3.8) is 0 Å². The molecule has 0 aliphatic carbocycles. The predicted molar refractivity (Wildman–Crippen MR) is 89.0 cm³/mol. The Balaban J connectivity index is 2.19. The van der Waals surface area contributed by atoms with Gasteiger partial charge in [0.05, 0.1) is 34.1 Å². The molecule has 0 unspecified atom stereocenters. The molecule has 0 amide bonds. The van der Waals surface area contributed by atoms with Crippen LogP contribution in [0.15, 0.2) is 30.6 Å². The molecule has 124 valence electrons. The fourth-order valence-electron chi connectivity index (χ4n) is 2.45. The fraction of sp³-hybridized carbons (Fsp3) is 0.235. The van der Waals surface area contributed by atoms with Crippen molar-refractivity contribution in [1.82, 2.24) is 15.0 Å². The highest BCUT2D eigenvalue weighted by Crippen LogP contribution is 2.41. The molecule has 0 aliphatic rings. The largest absolute Gasteiger partial charge is 0.494 e. The molecule has 3 aromatic rings. The molecule has 0 saturated heterocycles. The quantitative estimate of drug-likeness (QED) is 0.713. The first-order valence-electron chi connectivity index (χ1n) is 7.18. The van der Waals surface area contributed by atoms with E-state index in [9.17, 15) is 0 Å². The Hall–Kier alpha value is -3.09. The van der Waals surface area contributed by atoms with Gasteiger partial charge in [-0.15, -0.1) is 0 Å². The van der Waals surface area contributed by atoms with Gasteiger partial charge in [-0.3, -0.25) is 0 Å². The van der Waals surface area contributed by atoms with Crippen LogP contribution in [0.3, 0.4) is 0 Å². The third-order valence-corrected chi connectivity index (χ3v) is 3.61. The number of hydrogen-bond acceptors (Lipinski definition) is 7. The maximum Gasteiger partial charge on any atom is 0.316 e. The Bertz CT molecular complexity index is 866. The summed E-state index contributed by atoms with van der Waals surface area (Å²) in [6, 6.07) is 5.84. The normalized spacial score (nSPS) is 10.5. The number of ether oxygens (including phenoxy) is 4. The second-order valence-electron chi connectivity index (χ2n) is 4.87. The number of fused-ring (bicyclic) bond motifs is 1. The first-order chi connectivity index (χ1) is 11.7. The molecule has 0 bridgehead atoms. The molecular formula is C17H17N3O4. The summed E-state index contributed by atoms with van der Waals surface area (Å²) in [4.78, 5) is 12.9. The van der Waals surface area contributed by atoms with Crippen molar-refractivity contribution >= 4 is 10.9 Å². The molecule has 0 aliphatic heterocycles. The average Bonchev–Trinajstić information content (AvgIpc) is 2.66. The van der Waals surface area contributed by atoms with Crippen molar-refractivity contribution in [1.29, 1.82) is 0 Å². The minimum Gasteiger partial charge on any atom is -0.494 e. The fourth-order valence-corrected chi connectivity index (χ4v) is 2.45. The lowest BCUT2D eigenvalue weighted by Crippen LogP contribution is -1.97. The van der Waals surface area contributed by atoms with Gasteiger partial charge in [-0.05, 0) is 12.1 Å². The number of pyridine rings is 1. The zero-order valence-corrected chi connectivity index (χ0v) is 13.9. The number of benzene rings is 1. The lowest BCUT2D eigenvalue weighted by Gasteiger charge is -2.14. The lowest BCUT2D eigenvalue weighted by atomic mass is 10.1. The van der Waals surface area contributed by atoms with E-state index >= 15 is 0 Å². The van der Waals surface area contributed by atoms with E-state index in [2.05, 4.69) is 15.0 Å². The van der Waals surface area contributed by atoms with Crippen molar-refractivity contribution in [3.8, 4) is 34.5 Å². The maximum atomic E-state index is 5.46. The van der Waals surface area contributed by atoms with Crippen LogP contribution < -0.4 is 18.9 Å². The molecular weight excluding hydrogens is 310 g/mol. The molecule has 1 aromatic carbocycles. The highest BCUT2D eigenvalue weighted by Gasteiger charge is 2.16. The van der Waals surface area contributed by atoms with Crippen molar-refractivity contribution in [2.24, 2.45) is 0 Å². The van der Waals surface area contributed by atoms with Crippen molar-refractivity contribution in [2.45, 2.75) is 0 Å². The summed E-state index contributed by atoms with van der Waals surface area (Å²) < 4.78 is 21.2. The van der Waals surface area contributed by atoms with E-state index in [-0.39, 0.29) is 0 Å². The van der Waals surface area contributed by atoms with E-state index in [0.29, 0.717) is 28.8 Å². The molecule has 2 heterocycles. The molecule has 0 N–H and O–H groups in total. The number of nitrogens with zero attached hydrogens (tertiary/aromatic N) is 3. The third-order valence-electron chi connectivity index (χ3n) is 3.61. The molecule has 7 heteroatoms. The predicted octanol–water partition coefficient (Wildman–Crippen LogP) is 2.73. The first-order valence-corrected chi connectivity index (χ1v) is 7.18. The van der Waals surface area contributed by atoms with Crippen molar-refractivity contribution in [2.75, 3.05) is 28.4 Å². The SMILES string of the molecule is COc1ncc(-c2ccc3c(OC)c(OC)cc(OC)c3n2)cn1. The molecule has 0 spiro atoms. The van der Waals surface area contributed by atoms with Crippen LogP contribution in [0, 0.1) is 0 Å². The molecule has 2 aromatic heterocycles. The summed E-state index contributed by atoms with van der Waals surface area (Å²) in [5.41, 5.74) is 2.16. The standard InChI is InChI=1S/C17H17N3O4/c1-21-13-7-14(22-2)16(23-3)11-5-6-12(20-15(11)13)10-8-18-17(24-4)19-9-10/h5-9H,1-4H3. The number of aromatic nitrogens is 3. The van der Waals surface area contributed by atoms with E-state index < -0.39 is 0 Å². The Morgan fingerprint density at radius 1 is 0.792 bits per heavy atom. The van der Waals surface area contributed by atoms with E-state index in [4.69, 9.17) is 18.9 Å². The molecule has 0 atom stereocenters. The smallest absolute Gasteiger partial charge is 0.316 e. The Morgan fingerprint density at radius 2 is 1.50 bits per heavy atom. The van der Waals surface area contributed by atoms with Crippen LogP contribution in [0.2, 0.25) is 0 Å². The van der Waals surface area contributed by atoms with Gasteiger partial charge in [0.2, 0.25) is 0 Å². The molecule has 3 rings (SSSR count). The maximum absolute atomic E-state index is 5.46. The minimum absolute atomic E-state index is 0.309. The Morgan fingerprint density at radius 3 is 2.08 bits per heavy atom. The lowest BCUT2D eigenvalue weighted by molar-refractivity contribution is 0.353. The molecule has 24 heavy (non-hydrogen) atoms. The van der Waals surface area contributed by atoms with Gasteiger partial charge < -0.3 is 18.9 Å². The number of hydrogen-bond donors (Lipinski definition) is 0. The van der Waals surface area contributed by atoms with E-state index in [1.807, 2.05) is 12.1 Å². The van der Waals surface area contributed by atoms with Gasteiger partial charge >= 0.3 is 6.01 Å². The Labute approximate surface area is 139 Å². The van der Waals surface area contributed by atoms with Gasteiger partial charge in [0, 0.05) is 29.4 Å². The van der Waals surface area contributed by atoms with Crippen LogP contribution >= 0.6 is 0 Å². The topological polar surface area (TPSA) is 75.6 Å². The molecule has 7 nitrogen and oxygen atoms in total. The minimum atomic E-state index is 0.309. The van der Waals surface area contributed by atoms with Crippen molar-refractivity contribution < 1.29 is 18.9 Å². The van der Waals surface area contributed by atoms with Crippen LogP contribution in [0.4, 0.5) is 0 Å². The van der Waals surface area contributed by atoms with Crippen LogP contribution in [-0.4, -0.2) is 43.4 Å². The zero-order valence-electron chi connectivity index (χ0n) is 13.9. The van der Waals surface area contributed by atoms with Crippen LogP contribution in [-0.2, 0) is 0 Å². The van der Waals surface area contributed by atoms with Gasteiger partial charge in [-0.2, -0.15) is 0 Å². The summed E-state index contributed by atoms with van der Waals surface area (Å²) >= 11 is 0. The van der Waals surface area contributed by atoms with Gasteiger partial charge in [-0.1, -0.05) is 0 Å². The zero-order chi connectivity index (χ0) is 17.1. The highest BCUT2D eigenvalue weighted by molar-refractivity contribution is 5.94.